The van der Waals surface area contributed by atoms with Gasteiger partial charge in [0.05, 0.1) is 12.5 Å². The number of nitrogens with two attached hydrogens (primary N) is 2. The molecule has 0 heterocycles. The Hall–Kier alpha value is -1.10. The van der Waals surface area contributed by atoms with Gasteiger partial charge in [-0.2, -0.15) is 0 Å². The lowest BCUT2D eigenvalue weighted by molar-refractivity contribution is -0.135. The van der Waals surface area contributed by atoms with Crippen LogP contribution in [0.5, 0.6) is 0 Å². The Kier molecular flexibility index (Phi) is 4.73. The number of primary amides is 1. The second-order valence-electron chi connectivity index (χ2n) is 4.39. The molecule has 92 valence electrons. The molecule has 5 heteroatoms. The van der Waals surface area contributed by atoms with Crippen molar-refractivity contribution in [1.29, 1.82) is 0 Å². The number of unbranched alkanes of at least 4 members (excludes halogenated alkanes) is 1. The van der Waals surface area contributed by atoms with Crippen LogP contribution in [0.15, 0.2) is 0 Å². The molecular weight excluding hydrogens is 206 g/mol. The second-order valence-corrected chi connectivity index (χ2v) is 4.39. The fourth-order valence-electron chi connectivity index (χ4n) is 1.70. The zero-order valence-corrected chi connectivity index (χ0v) is 9.82. The Morgan fingerprint density at radius 2 is 2.06 bits per heavy atom. The van der Waals surface area contributed by atoms with Gasteiger partial charge in [0.2, 0.25) is 11.8 Å². The number of amides is 2. The van der Waals surface area contributed by atoms with Crippen LogP contribution in [-0.2, 0) is 9.59 Å². The molecule has 2 amide bonds. The van der Waals surface area contributed by atoms with Crippen molar-refractivity contribution in [3.05, 3.63) is 0 Å². The van der Waals surface area contributed by atoms with Crippen molar-refractivity contribution < 1.29 is 9.59 Å². The van der Waals surface area contributed by atoms with Gasteiger partial charge >= 0.3 is 0 Å². The minimum atomic E-state index is -0.769. The predicted molar refractivity (Wildman–Crippen MR) is 61.4 cm³/mol. The predicted octanol–water partition coefficient (Wildman–Crippen LogP) is -0.0198. The van der Waals surface area contributed by atoms with Crippen molar-refractivity contribution in [1.82, 2.24) is 4.90 Å². The van der Waals surface area contributed by atoms with Gasteiger partial charge < -0.3 is 16.4 Å². The SMILES string of the molecule is CCCCN(C(=O)C(N)CC(N)=O)C1CC1. The first-order valence-corrected chi connectivity index (χ1v) is 5.90. The lowest BCUT2D eigenvalue weighted by Crippen LogP contribution is -2.46. The van der Waals surface area contributed by atoms with Crippen molar-refractivity contribution in [2.24, 2.45) is 11.5 Å². The molecule has 0 aromatic heterocycles. The van der Waals surface area contributed by atoms with Crippen LogP contribution in [-0.4, -0.2) is 35.3 Å². The topological polar surface area (TPSA) is 89.4 Å². The molecule has 1 atom stereocenters. The highest BCUT2D eigenvalue weighted by molar-refractivity contribution is 5.87. The van der Waals surface area contributed by atoms with Gasteiger partial charge in [-0.3, -0.25) is 9.59 Å². The average Bonchev–Trinajstić information content (AvgIpc) is 3.01. The van der Waals surface area contributed by atoms with E-state index in [-0.39, 0.29) is 12.3 Å². The number of carbonyl (C=O) groups excluding carboxylic acids is 2. The fourth-order valence-corrected chi connectivity index (χ4v) is 1.70. The first-order chi connectivity index (χ1) is 7.56. The first-order valence-electron chi connectivity index (χ1n) is 5.90. The Balaban J connectivity index is 2.48. The summed E-state index contributed by atoms with van der Waals surface area (Å²) in [5.41, 5.74) is 10.7. The van der Waals surface area contributed by atoms with Gasteiger partial charge in [-0.15, -0.1) is 0 Å². The molecule has 0 aromatic rings. The van der Waals surface area contributed by atoms with Gasteiger partial charge in [-0.1, -0.05) is 13.3 Å². The maximum atomic E-state index is 12.0. The van der Waals surface area contributed by atoms with Crippen LogP contribution >= 0.6 is 0 Å². The van der Waals surface area contributed by atoms with E-state index in [9.17, 15) is 9.59 Å². The molecule has 0 spiro atoms. The van der Waals surface area contributed by atoms with Gasteiger partial charge in [0, 0.05) is 12.6 Å². The molecule has 5 nitrogen and oxygen atoms in total. The average molecular weight is 227 g/mol. The van der Waals surface area contributed by atoms with E-state index >= 15 is 0 Å². The molecule has 1 rings (SSSR count). The molecule has 16 heavy (non-hydrogen) atoms. The van der Waals surface area contributed by atoms with E-state index in [0.29, 0.717) is 6.04 Å². The van der Waals surface area contributed by atoms with Crippen LogP contribution in [0.3, 0.4) is 0 Å². The highest BCUT2D eigenvalue weighted by Crippen LogP contribution is 2.27. The van der Waals surface area contributed by atoms with Crippen molar-refractivity contribution in [2.45, 2.75) is 51.1 Å². The summed E-state index contributed by atoms with van der Waals surface area (Å²) < 4.78 is 0. The summed E-state index contributed by atoms with van der Waals surface area (Å²) in [5, 5.41) is 0. The lowest BCUT2D eigenvalue weighted by Gasteiger charge is -2.25. The third-order valence-electron chi connectivity index (χ3n) is 2.76. The lowest BCUT2D eigenvalue weighted by atomic mass is 10.1. The van der Waals surface area contributed by atoms with Crippen molar-refractivity contribution in [3.8, 4) is 0 Å². The van der Waals surface area contributed by atoms with Gasteiger partial charge in [0.15, 0.2) is 0 Å². The molecule has 4 N–H and O–H groups in total. The van der Waals surface area contributed by atoms with Gasteiger partial charge in [0.25, 0.3) is 0 Å². The van der Waals surface area contributed by atoms with E-state index < -0.39 is 11.9 Å². The summed E-state index contributed by atoms with van der Waals surface area (Å²) in [5.74, 6) is -0.651. The minimum Gasteiger partial charge on any atom is -0.370 e. The van der Waals surface area contributed by atoms with E-state index in [4.69, 9.17) is 11.5 Å². The van der Waals surface area contributed by atoms with Crippen LogP contribution in [0.2, 0.25) is 0 Å². The Morgan fingerprint density at radius 1 is 1.44 bits per heavy atom. The smallest absolute Gasteiger partial charge is 0.240 e. The van der Waals surface area contributed by atoms with Crippen LogP contribution in [0.25, 0.3) is 0 Å². The monoisotopic (exact) mass is 227 g/mol. The zero-order chi connectivity index (χ0) is 12.1. The van der Waals surface area contributed by atoms with Crippen LogP contribution in [0, 0.1) is 0 Å². The number of hydrogen-bond donors (Lipinski definition) is 2. The quantitative estimate of drug-likeness (QED) is 0.640. The van der Waals surface area contributed by atoms with E-state index in [1.165, 1.54) is 0 Å². The molecule has 1 unspecified atom stereocenters. The summed E-state index contributed by atoms with van der Waals surface area (Å²) in [7, 11) is 0. The summed E-state index contributed by atoms with van der Waals surface area (Å²) in [6.45, 7) is 2.82. The molecule has 0 aromatic carbocycles. The minimum absolute atomic E-state index is 0.0613. The Labute approximate surface area is 96.1 Å². The summed E-state index contributed by atoms with van der Waals surface area (Å²) in [6, 6.07) is -0.423. The number of rotatable bonds is 7. The highest BCUT2D eigenvalue weighted by Gasteiger charge is 2.34. The van der Waals surface area contributed by atoms with Crippen molar-refractivity contribution in [3.63, 3.8) is 0 Å². The van der Waals surface area contributed by atoms with Crippen molar-refractivity contribution >= 4 is 11.8 Å². The molecule has 0 aliphatic heterocycles. The summed E-state index contributed by atoms with van der Waals surface area (Å²) in [6.07, 6.45) is 4.07. The standard InChI is InChI=1S/C11H21N3O2/c1-2-3-6-14(8-4-5-8)11(16)9(12)7-10(13)15/h8-9H,2-7,12H2,1H3,(H2,13,15). The van der Waals surface area contributed by atoms with E-state index in [2.05, 4.69) is 6.92 Å². The normalized spacial score (nSPS) is 16.9. The van der Waals surface area contributed by atoms with E-state index in [0.717, 1.165) is 32.2 Å². The Bertz CT molecular complexity index is 264. The van der Waals surface area contributed by atoms with Crippen LogP contribution in [0.1, 0.15) is 39.0 Å². The maximum absolute atomic E-state index is 12.0. The Morgan fingerprint density at radius 3 is 2.50 bits per heavy atom. The molecule has 1 saturated carbocycles. The number of hydrogen-bond acceptors (Lipinski definition) is 3. The third-order valence-corrected chi connectivity index (χ3v) is 2.76. The van der Waals surface area contributed by atoms with Gasteiger partial charge in [-0.25, -0.2) is 0 Å². The van der Waals surface area contributed by atoms with Gasteiger partial charge in [-0.05, 0) is 19.3 Å². The first kappa shape index (κ1) is 13.0. The van der Waals surface area contributed by atoms with E-state index in [1.54, 1.807) is 0 Å². The molecular formula is C11H21N3O2. The number of nitrogens with zero attached hydrogens (tertiary/aromatic N) is 1. The van der Waals surface area contributed by atoms with E-state index in [1.807, 2.05) is 4.90 Å². The summed E-state index contributed by atoms with van der Waals surface area (Å²) in [4.78, 5) is 24.5. The molecule has 1 aliphatic rings. The molecule has 1 aliphatic carbocycles. The zero-order valence-electron chi connectivity index (χ0n) is 9.82. The molecule has 0 radical (unpaired) electrons. The van der Waals surface area contributed by atoms with Crippen molar-refractivity contribution in [2.75, 3.05) is 6.54 Å². The van der Waals surface area contributed by atoms with Gasteiger partial charge in [0.1, 0.15) is 0 Å². The number of carbonyl (C=O) groups is 2. The van der Waals surface area contributed by atoms with Crippen LogP contribution < -0.4 is 11.5 Å². The fraction of sp³-hybridized carbons (Fsp3) is 0.818. The summed E-state index contributed by atoms with van der Waals surface area (Å²) >= 11 is 0. The largest absolute Gasteiger partial charge is 0.370 e. The highest BCUT2D eigenvalue weighted by atomic mass is 16.2. The van der Waals surface area contributed by atoms with Crippen LogP contribution in [0.4, 0.5) is 0 Å². The molecule has 0 saturated heterocycles. The maximum Gasteiger partial charge on any atom is 0.240 e. The molecule has 0 bridgehead atoms. The molecule has 1 fully saturated rings. The third kappa shape index (κ3) is 3.81. The second kappa shape index (κ2) is 5.84.